The zero-order chi connectivity index (χ0) is 21.1. The average molecular weight is 430 g/mol. The zero-order valence-electron chi connectivity index (χ0n) is 16.9. The fraction of sp³-hybridized carbons (Fsp3) is 0.381. The molecule has 0 aliphatic carbocycles. The fourth-order valence-electron chi connectivity index (χ4n) is 3.61. The van der Waals surface area contributed by atoms with Crippen molar-refractivity contribution < 1.29 is 13.9 Å². The molecule has 1 amide bonds. The molecule has 1 saturated heterocycles. The van der Waals surface area contributed by atoms with Crippen LogP contribution in [0.5, 0.6) is 0 Å². The number of nitrogens with one attached hydrogen (secondary N) is 1. The lowest BCUT2D eigenvalue weighted by Crippen LogP contribution is -2.47. The van der Waals surface area contributed by atoms with Crippen molar-refractivity contribution in [2.24, 2.45) is 0 Å². The number of aromatic nitrogens is 3. The van der Waals surface area contributed by atoms with Gasteiger partial charge < -0.3 is 10.1 Å². The number of hydrogen-bond acceptors (Lipinski definition) is 6. The van der Waals surface area contributed by atoms with Gasteiger partial charge in [-0.05, 0) is 49.6 Å². The van der Waals surface area contributed by atoms with Crippen molar-refractivity contribution in [1.82, 2.24) is 25.0 Å². The molecule has 1 N–H and O–H groups in total. The molecule has 30 heavy (non-hydrogen) atoms. The SMILES string of the molecule is CC1CN(CCNC(=O)c2nc(-c3cccs3)n(-c3ccc(F)cc3)n2)CC(C)O1. The Morgan fingerprint density at radius 1 is 1.23 bits per heavy atom. The zero-order valence-corrected chi connectivity index (χ0v) is 17.7. The minimum Gasteiger partial charge on any atom is -0.373 e. The summed E-state index contributed by atoms with van der Waals surface area (Å²) in [4.78, 5) is 20.3. The van der Waals surface area contributed by atoms with Crippen LogP contribution < -0.4 is 5.32 Å². The molecular formula is C21H24FN5O2S. The summed E-state index contributed by atoms with van der Waals surface area (Å²) in [5.74, 6) is -0.0201. The molecule has 4 rings (SSSR count). The number of carbonyl (C=O) groups excluding carboxylic acids is 1. The first-order chi connectivity index (χ1) is 14.5. The normalized spacial score (nSPS) is 19.7. The van der Waals surface area contributed by atoms with Gasteiger partial charge in [0, 0.05) is 26.2 Å². The van der Waals surface area contributed by atoms with E-state index in [1.54, 1.807) is 16.8 Å². The molecule has 1 aromatic carbocycles. The molecule has 2 atom stereocenters. The highest BCUT2D eigenvalue weighted by molar-refractivity contribution is 7.13. The van der Waals surface area contributed by atoms with Crippen molar-refractivity contribution >= 4 is 17.2 Å². The lowest BCUT2D eigenvalue weighted by atomic mass is 10.2. The van der Waals surface area contributed by atoms with Gasteiger partial charge >= 0.3 is 0 Å². The Morgan fingerprint density at radius 3 is 2.63 bits per heavy atom. The molecule has 2 unspecified atom stereocenters. The lowest BCUT2D eigenvalue weighted by Gasteiger charge is -2.35. The molecule has 1 fully saturated rings. The quantitative estimate of drug-likeness (QED) is 0.652. The molecule has 3 aromatic rings. The fourth-order valence-corrected chi connectivity index (χ4v) is 4.31. The summed E-state index contributed by atoms with van der Waals surface area (Å²) in [6.45, 7) is 7.04. The minimum absolute atomic E-state index is 0.0893. The van der Waals surface area contributed by atoms with Gasteiger partial charge in [0.25, 0.3) is 5.91 Å². The second-order valence-corrected chi connectivity index (χ2v) is 8.35. The van der Waals surface area contributed by atoms with E-state index in [0.29, 0.717) is 18.1 Å². The van der Waals surface area contributed by atoms with Crippen molar-refractivity contribution in [2.45, 2.75) is 26.1 Å². The van der Waals surface area contributed by atoms with Gasteiger partial charge in [-0.3, -0.25) is 9.69 Å². The van der Waals surface area contributed by atoms with Crippen LogP contribution in [0.1, 0.15) is 24.5 Å². The molecule has 9 heteroatoms. The molecule has 1 aliphatic rings. The van der Waals surface area contributed by atoms with E-state index >= 15 is 0 Å². The van der Waals surface area contributed by atoms with E-state index in [9.17, 15) is 9.18 Å². The maximum atomic E-state index is 13.3. The molecule has 7 nitrogen and oxygen atoms in total. The summed E-state index contributed by atoms with van der Waals surface area (Å²) in [7, 11) is 0. The van der Waals surface area contributed by atoms with Crippen molar-refractivity contribution in [3.63, 3.8) is 0 Å². The van der Waals surface area contributed by atoms with Crippen LogP contribution in [0, 0.1) is 5.82 Å². The lowest BCUT2D eigenvalue weighted by molar-refractivity contribution is -0.0672. The molecule has 0 saturated carbocycles. The van der Waals surface area contributed by atoms with E-state index in [1.165, 1.54) is 23.5 Å². The highest BCUT2D eigenvalue weighted by Gasteiger charge is 2.23. The van der Waals surface area contributed by atoms with Crippen LogP contribution in [0.15, 0.2) is 41.8 Å². The summed E-state index contributed by atoms with van der Waals surface area (Å²) in [5, 5.41) is 9.24. The number of amides is 1. The molecular weight excluding hydrogens is 405 g/mol. The maximum Gasteiger partial charge on any atom is 0.291 e. The molecule has 0 radical (unpaired) electrons. The van der Waals surface area contributed by atoms with E-state index in [1.807, 2.05) is 17.5 Å². The number of rotatable bonds is 6. The summed E-state index contributed by atoms with van der Waals surface area (Å²) in [5.41, 5.74) is 0.641. The Hall–Kier alpha value is -2.62. The van der Waals surface area contributed by atoms with E-state index in [-0.39, 0.29) is 29.8 Å². The number of ether oxygens (including phenoxy) is 1. The Kier molecular flexibility index (Phi) is 6.21. The third-order valence-corrected chi connectivity index (χ3v) is 5.70. The van der Waals surface area contributed by atoms with Gasteiger partial charge in [0.15, 0.2) is 5.82 Å². The molecule has 0 bridgehead atoms. The van der Waals surface area contributed by atoms with Crippen molar-refractivity contribution in [3.05, 3.63) is 53.4 Å². The number of carbonyl (C=O) groups is 1. The van der Waals surface area contributed by atoms with Crippen LogP contribution in [0.2, 0.25) is 0 Å². The first-order valence-electron chi connectivity index (χ1n) is 9.92. The Morgan fingerprint density at radius 2 is 1.97 bits per heavy atom. The van der Waals surface area contributed by atoms with Crippen LogP contribution in [0.4, 0.5) is 4.39 Å². The standard InChI is InChI=1S/C21H24FN5O2S/c1-14-12-26(13-15(2)29-14)10-9-23-21(28)19-24-20(18-4-3-11-30-18)27(25-19)17-7-5-16(22)6-8-17/h3-8,11,14-15H,9-10,12-13H2,1-2H3,(H,23,28). The summed E-state index contributed by atoms with van der Waals surface area (Å²) < 4.78 is 20.6. The topological polar surface area (TPSA) is 72.3 Å². The first kappa shape index (κ1) is 20.6. The van der Waals surface area contributed by atoms with Gasteiger partial charge in [0.2, 0.25) is 5.82 Å². The number of nitrogens with zero attached hydrogens (tertiary/aromatic N) is 4. The van der Waals surface area contributed by atoms with E-state index < -0.39 is 0 Å². The number of hydrogen-bond donors (Lipinski definition) is 1. The predicted octanol–water partition coefficient (Wildman–Crippen LogP) is 2.97. The number of halogens is 1. The Bertz CT molecular complexity index is 980. The number of benzene rings is 1. The number of thiophene rings is 1. The van der Waals surface area contributed by atoms with Gasteiger partial charge in [-0.15, -0.1) is 16.4 Å². The highest BCUT2D eigenvalue weighted by atomic mass is 32.1. The minimum atomic E-state index is -0.332. The predicted molar refractivity (Wildman–Crippen MR) is 113 cm³/mol. The molecule has 1 aliphatic heterocycles. The Balaban J connectivity index is 1.47. The highest BCUT2D eigenvalue weighted by Crippen LogP contribution is 2.25. The summed E-state index contributed by atoms with van der Waals surface area (Å²) >= 11 is 1.50. The van der Waals surface area contributed by atoms with Gasteiger partial charge in [-0.25, -0.2) is 14.1 Å². The Labute approximate surface area is 178 Å². The largest absolute Gasteiger partial charge is 0.373 e. The van der Waals surface area contributed by atoms with Crippen LogP contribution in [-0.2, 0) is 4.74 Å². The second-order valence-electron chi connectivity index (χ2n) is 7.40. The monoisotopic (exact) mass is 429 g/mol. The molecule has 158 valence electrons. The summed E-state index contributed by atoms with van der Waals surface area (Å²) in [6.07, 6.45) is 0.372. The van der Waals surface area contributed by atoms with Crippen LogP contribution in [0.25, 0.3) is 16.4 Å². The molecule has 0 spiro atoms. The number of morpholine rings is 1. The van der Waals surface area contributed by atoms with Crippen molar-refractivity contribution in [3.8, 4) is 16.4 Å². The van der Waals surface area contributed by atoms with Crippen LogP contribution >= 0.6 is 11.3 Å². The van der Waals surface area contributed by atoms with E-state index in [4.69, 9.17) is 4.74 Å². The van der Waals surface area contributed by atoms with E-state index in [2.05, 4.69) is 34.1 Å². The van der Waals surface area contributed by atoms with Crippen LogP contribution in [-0.4, -0.2) is 64.0 Å². The van der Waals surface area contributed by atoms with Gasteiger partial charge in [0.1, 0.15) is 5.82 Å². The second kappa shape index (κ2) is 9.03. The summed E-state index contributed by atoms with van der Waals surface area (Å²) in [6, 6.07) is 9.77. The first-order valence-corrected chi connectivity index (χ1v) is 10.8. The van der Waals surface area contributed by atoms with Crippen LogP contribution in [0.3, 0.4) is 0 Å². The third kappa shape index (κ3) is 4.75. The maximum absolute atomic E-state index is 13.3. The van der Waals surface area contributed by atoms with E-state index in [0.717, 1.165) is 24.5 Å². The van der Waals surface area contributed by atoms with Gasteiger partial charge in [0.05, 0.1) is 22.8 Å². The third-order valence-electron chi connectivity index (χ3n) is 4.83. The molecule has 3 heterocycles. The van der Waals surface area contributed by atoms with Crippen molar-refractivity contribution in [1.29, 1.82) is 0 Å². The smallest absolute Gasteiger partial charge is 0.291 e. The van der Waals surface area contributed by atoms with Gasteiger partial charge in [-0.1, -0.05) is 6.07 Å². The van der Waals surface area contributed by atoms with Gasteiger partial charge in [-0.2, -0.15) is 0 Å². The average Bonchev–Trinajstić information content (AvgIpc) is 3.37. The van der Waals surface area contributed by atoms with Crippen molar-refractivity contribution in [2.75, 3.05) is 26.2 Å². The molecule has 2 aromatic heterocycles.